The Morgan fingerprint density at radius 2 is 2.08 bits per heavy atom. The Labute approximate surface area is 145 Å². The van der Waals surface area contributed by atoms with Crippen molar-refractivity contribution in [2.24, 2.45) is 7.05 Å². The van der Waals surface area contributed by atoms with E-state index in [4.69, 9.17) is 0 Å². The molecule has 0 radical (unpaired) electrons. The van der Waals surface area contributed by atoms with Gasteiger partial charge in [0, 0.05) is 39.9 Å². The normalized spacial score (nSPS) is 18.0. The quantitative estimate of drug-likeness (QED) is 0.816. The molecular formula is C15H23N7OS. The van der Waals surface area contributed by atoms with Gasteiger partial charge in [0.1, 0.15) is 0 Å². The third-order valence-corrected chi connectivity index (χ3v) is 5.18. The van der Waals surface area contributed by atoms with Gasteiger partial charge in [0.25, 0.3) is 0 Å². The minimum Gasteiger partial charge on any atom is -0.347 e. The molecule has 1 aliphatic heterocycles. The van der Waals surface area contributed by atoms with Gasteiger partial charge in [0.2, 0.25) is 11.9 Å². The van der Waals surface area contributed by atoms with Crippen LogP contribution >= 0.6 is 11.8 Å². The first kappa shape index (κ1) is 16.8. The second-order valence-electron chi connectivity index (χ2n) is 6.40. The highest BCUT2D eigenvalue weighted by molar-refractivity contribution is 8.00. The van der Waals surface area contributed by atoms with E-state index in [1.165, 1.54) is 11.8 Å². The molecule has 3 rings (SSSR count). The average molecular weight is 349 g/mol. The number of aromatic nitrogens is 5. The van der Waals surface area contributed by atoms with Crippen LogP contribution < -0.4 is 9.80 Å². The van der Waals surface area contributed by atoms with Crippen molar-refractivity contribution in [3.8, 4) is 0 Å². The van der Waals surface area contributed by atoms with Crippen LogP contribution in [0.2, 0.25) is 0 Å². The number of carbonyl (C=O) groups excluding carboxylic acids is 1. The Morgan fingerprint density at radius 1 is 1.33 bits per heavy atom. The molecule has 8 nitrogen and oxygen atoms in total. The fourth-order valence-electron chi connectivity index (χ4n) is 2.80. The molecule has 0 unspecified atom stereocenters. The highest BCUT2D eigenvalue weighted by atomic mass is 32.2. The van der Waals surface area contributed by atoms with Crippen molar-refractivity contribution in [3.05, 3.63) is 12.4 Å². The summed E-state index contributed by atoms with van der Waals surface area (Å²) in [6, 6.07) is 0.228. The maximum atomic E-state index is 12.7. The fourth-order valence-corrected chi connectivity index (χ4v) is 4.00. The molecule has 1 fully saturated rings. The minimum absolute atomic E-state index is 0.109. The van der Waals surface area contributed by atoms with Crippen molar-refractivity contribution >= 4 is 29.3 Å². The molecule has 2 aromatic rings. The Morgan fingerprint density at radius 3 is 2.67 bits per heavy atom. The number of carbonyl (C=O) groups is 1. The van der Waals surface area contributed by atoms with Gasteiger partial charge in [-0.25, -0.2) is 0 Å². The zero-order valence-electron chi connectivity index (χ0n) is 14.7. The number of aryl methyl sites for hydroxylation is 1. The first-order chi connectivity index (χ1) is 11.4. The van der Waals surface area contributed by atoms with Gasteiger partial charge in [0.05, 0.1) is 17.1 Å². The van der Waals surface area contributed by atoms with Gasteiger partial charge in [-0.3, -0.25) is 14.0 Å². The molecule has 1 saturated heterocycles. The molecular weight excluding hydrogens is 326 g/mol. The molecule has 0 saturated carbocycles. The van der Waals surface area contributed by atoms with Crippen LogP contribution in [0.5, 0.6) is 0 Å². The summed E-state index contributed by atoms with van der Waals surface area (Å²) in [5, 5.41) is 13.4. The van der Waals surface area contributed by atoms with Gasteiger partial charge < -0.3 is 9.80 Å². The number of thioether (sulfide) groups is 1. The van der Waals surface area contributed by atoms with Crippen molar-refractivity contribution in [2.45, 2.75) is 36.7 Å². The fraction of sp³-hybridized carbons (Fsp3) is 0.600. The van der Waals surface area contributed by atoms with Gasteiger partial charge in [0.15, 0.2) is 5.16 Å². The first-order valence-electron chi connectivity index (χ1n) is 7.97. The van der Waals surface area contributed by atoms with E-state index in [1.807, 2.05) is 32.2 Å². The molecule has 0 aromatic carbocycles. The lowest BCUT2D eigenvalue weighted by atomic mass is 10.4. The highest BCUT2D eigenvalue weighted by Crippen LogP contribution is 2.34. The topological polar surface area (TPSA) is 72.1 Å². The van der Waals surface area contributed by atoms with E-state index in [-0.39, 0.29) is 17.2 Å². The van der Waals surface area contributed by atoms with E-state index in [0.717, 1.165) is 23.2 Å². The Bertz CT molecular complexity index is 736. The molecule has 3 heterocycles. The maximum absolute atomic E-state index is 12.7. The molecule has 0 spiro atoms. The molecule has 1 atom stereocenters. The van der Waals surface area contributed by atoms with E-state index in [1.54, 1.807) is 15.8 Å². The molecule has 0 bridgehead atoms. The molecule has 0 aliphatic carbocycles. The van der Waals surface area contributed by atoms with Crippen LogP contribution in [0.25, 0.3) is 0 Å². The second-order valence-corrected chi connectivity index (χ2v) is 7.57. The van der Waals surface area contributed by atoms with E-state index >= 15 is 0 Å². The standard InChI is InChI=1S/C15H23N7OS/c1-10(2)22-14(19(3)4)17-18-15(22)24-12-6-7-21(13(12)23)11-8-16-20(5)9-11/h8-10,12H,6-7H2,1-5H3/t12-/m0/s1. The molecule has 130 valence electrons. The third kappa shape index (κ3) is 3.00. The minimum atomic E-state index is -0.137. The Balaban J connectivity index is 1.79. The van der Waals surface area contributed by atoms with Gasteiger partial charge in [-0.15, -0.1) is 10.2 Å². The monoisotopic (exact) mass is 349 g/mol. The van der Waals surface area contributed by atoms with Crippen LogP contribution in [0.15, 0.2) is 17.6 Å². The lowest BCUT2D eigenvalue weighted by Gasteiger charge is -2.18. The van der Waals surface area contributed by atoms with Crippen LogP contribution in [0, 0.1) is 0 Å². The third-order valence-electron chi connectivity index (χ3n) is 3.97. The Kier molecular flexibility index (Phi) is 4.53. The maximum Gasteiger partial charge on any atom is 0.240 e. The number of rotatable bonds is 5. The number of hydrogen-bond donors (Lipinski definition) is 0. The van der Waals surface area contributed by atoms with Gasteiger partial charge in [-0.2, -0.15) is 5.10 Å². The number of amides is 1. The van der Waals surface area contributed by atoms with Crippen molar-refractivity contribution in [1.29, 1.82) is 0 Å². The summed E-state index contributed by atoms with van der Waals surface area (Å²) in [4.78, 5) is 16.5. The molecule has 9 heteroatoms. The average Bonchev–Trinajstić information content (AvgIpc) is 3.19. The van der Waals surface area contributed by atoms with Crippen LogP contribution in [0.4, 0.5) is 11.6 Å². The van der Waals surface area contributed by atoms with Gasteiger partial charge >= 0.3 is 0 Å². The van der Waals surface area contributed by atoms with Crippen molar-refractivity contribution in [3.63, 3.8) is 0 Å². The van der Waals surface area contributed by atoms with E-state index in [2.05, 4.69) is 33.7 Å². The summed E-state index contributed by atoms with van der Waals surface area (Å²) < 4.78 is 3.78. The number of nitrogens with zero attached hydrogens (tertiary/aromatic N) is 7. The van der Waals surface area contributed by atoms with Crippen LogP contribution in [-0.4, -0.2) is 56.3 Å². The summed E-state index contributed by atoms with van der Waals surface area (Å²) in [6.07, 6.45) is 4.39. The van der Waals surface area contributed by atoms with E-state index in [0.29, 0.717) is 6.54 Å². The highest BCUT2D eigenvalue weighted by Gasteiger charge is 2.35. The van der Waals surface area contributed by atoms with E-state index < -0.39 is 0 Å². The van der Waals surface area contributed by atoms with Crippen LogP contribution in [0.1, 0.15) is 26.3 Å². The molecule has 1 amide bonds. The summed E-state index contributed by atoms with van der Waals surface area (Å²) in [5.41, 5.74) is 0.852. The Hall–Kier alpha value is -2.03. The first-order valence-corrected chi connectivity index (χ1v) is 8.85. The second kappa shape index (κ2) is 6.46. The lowest BCUT2D eigenvalue weighted by molar-refractivity contribution is -0.116. The molecule has 2 aromatic heterocycles. The van der Waals surface area contributed by atoms with Crippen LogP contribution in [-0.2, 0) is 11.8 Å². The van der Waals surface area contributed by atoms with Gasteiger partial charge in [-0.1, -0.05) is 11.8 Å². The SMILES string of the molecule is CC(C)n1c(S[C@H]2CCN(c3cnn(C)c3)C2=O)nnc1N(C)C. The summed E-state index contributed by atoms with van der Waals surface area (Å²) in [5.74, 6) is 0.916. The van der Waals surface area contributed by atoms with Gasteiger partial charge in [-0.05, 0) is 20.3 Å². The van der Waals surface area contributed by atoms with Crippen molar-refractivity contribution < 1.29 is 4.79 Å². The lowest BCUT2D eigenvalue weighted by Crippen LogP contribution is -2.28. The molecule has 1 aliphatic rings. The van der Waals surface area contributed by atoms with Crippen molar-refractivity contribution in [2.75, 3.05) is 30.4 Å². The number of hydrogen-bond acceptors (Lipinski definition) is 6. The molecule has 24 heavy (non-hydrogen) atoms. The smallest absolute Gasteiger partial charge is 0.240 e. The largest absolute Gasteiger partial charge is 0.347 e. The predicted molar refractivity (Wildman–Crippen MR) is 94.6 cm³/mol. The van der Waals surface area contributed by atoms with E-state index in [9.17, 15) is 4.79 Å². The summed E-state index contributed by atoms with van der Waals surface area (Å²) in [7, 11) is 5.74. The zero-order valence-corrected chi connectivity index (χ0v) is 15.5. The van der Waals surface area contributed by atoms with Crippen LogP contribution in [0.3, 0.4) is 0 Å². The summed E-state index contributed by atoms with van der Waals surface area (Å²) in [6.45, 7) is 4.90. The molecule has 0 N–H and O–H groups in total. The number of anilines is 2. The summed E-state index contributed by atoms with van der Waals surface area (Å²) >= 11 is 1.50. The van der Waals surface area contributed by atoms with Crippen molar-refractivity contribution in [1.82, 2.24) is 24.5 Å². The zero-order chi connectivity index (χ0) is 17.4. The predicted octanol–water partition coefficient (Wildman–Crippen LogP) is 1.56.